The number of hydrogen-bond acceptors (Lipinski definition) is 6. The zero-order valence-corrected chi connectivity index (χ0v) is 13.0. The Kier molecular flexibility index (Phi) is 4.64. The van der Waals surface area contributed by atoms with Crippen LogP contribution in [0.2, 0.25) is 0 Å². The summed E-state index contributed by atoms with van der Waals surface area (Å²) in [5.74, 6) is -0.754. The van der Waals surface area contributed by atoms with Gasteiger partial charge in [-0.3, -0.25) is 4.79 Å². The van der Waals surface area contributed by atoms with Crippen LogP contribution >= 0.6 is 0 Å². The first kappa shape index (κ1) is 16.5. The minimum Gasteiger partial charge on any atom is -0.361 e. The molecule has 0 atom stereocenters. The average molecular weight is 346 g/mol. The molecule has 0 aliphatic heterocycles. The fourth-order valence-electron chi connectivity index (χ4n) is 1.93. The molecule has 0 aliphatic carbocycles. The molecule has 3 rings (SSSR count). The molecule has 0 fully saturated rings. The number of nitrogens with one attached hydrogen (secondary N) is 1. The van der Waals surface area contributed by atoms with Crippen molar-refractivity contribution in [3.05, 3.63) is 59.2 Å². The summed E-state index contributed by atoms with van der Waals surface area (Å²) in [6, 6.07) is 4.61. The lowest BCUT2D eigenvalue weighted by Gasteiger charge is -1.98. The summed E-state index contributed by atoms with van der Waals surface area (Å²) in [5.41, 5.74) is 0.386. The van der Waals surface area contributed by atoms with Crippen molar-refractivity contribution in [3.8, 4) is 11.5 Å². The van der Waals surface area contributed by atoms with Crippen molar-refractivity contribution in [3.63, 3.8) is 0 Å². The van der Waals surface area contributed by atoms with E-state index in [0.29, 0.717) is 11.5 Å². The van der Waals surface area contributed by atoms with Crippen molar-refractivity contribution in [1.82, 2.24) is 20.6 Å². The lowest BCUT2D eigenvalue weighted by Crippen LogP contribution is -2.20. The number of aromatic nitrogens is 3. The minimum atomic E-state index is -0.630. The summed E-state index contributed by atoms with van der Waals surface area (Å²) in [4.78, 5) is 15.8. The van der Waals surface area contributed by atoms with Crippen LogP contribution in [0.3, 0.4) is 0 Å². The molecule has 7 nitrogen and oxygen atoms in total. The lowest BCUT2D eigenvalue weighted by molar-refractivity contribution is -0.116. The second kappa shape index (κ2) is 7.04. The molecule has 0 saturated carbocycles. The van der Waals surface area contributed by atoms with Crippen LogP contribution in [0.25, 0.3) is 17.6 Å². The number of hydrogen-bond donors (Lipinski definition) is 1. The van der Waals surface area contributed by atoms with E-state index in [1.165, 1.54) is 6.08 Å². The van der Waals surface area contributed by atoms with E-state index < -0.39 is 17.5 Å². The van der Waals surface area contributed by atoms with E-state index in [1.54, 1.807) is 13.0 Å². The molecule has 0 spiro atoms. The van der Waals surface area contributed by atoms with Crippen LogP contribution in [-0.4, -0.2) is 21.2 Å². The van der Waals surface area contributed by atoms with E-state index in [1.807, 2.05) is 0 Å². The van der Waals surface area contributed by atoms with Crippen molar-refractivity contribution in [2.24, 2.45) is 0 Å². The van der Waals surface area contributed by atoms with Crippen molar-refractivity contribution < 1.29 is 22.6 Å². The molecule has 2 aromatic heterocycles. The Morgan fingerprint density at radius 3 is 2.84 bits per heavy atom. The first-order valence-electron chi connectivity index (χ1n) is 7.18. The largest absolute Gasteiger partial charge is 0.361 e. The van der Waals surface area contributed by atoms with E-state index >= 15 is 0 Å². The van der Waals surface area contributed by atoms with E-state index in [0.717, 1.165) is 24.3 Å². The fraction of sp³-hybridized carbons (Fsp3) is 0.125. The van der Waals surface area contributed by atoms with Gasteiger partial charge < -0.3 is 14.4 Å². The topological polar surface area (TPSA) is 94.1 Å². The summed E-state index contributed by atoms with van der Waals surface area (Å²) < 4.78 is 36.4. The zero-order valence-electron chi connectivity index (χ0n) is 13.0. The first-order valence-corrected chi connectivity index (χ1v) is 7.18. The second-order valence-corrected chi connectivity index (χ2v) is 5.05. The van der Waals surface area contributed by atoms with Gasteiger partial charge in [-0.2, -0.15) is 4.98 Å². The molecule has 0 unspecified atom stereocenters. The molecule has 0 aliphatic rings. The minimum absolute atomic E-state index is 0.0291. The highest BCUT2D eigenvalue weighted by Crippen LogP contribution is 2.15. The smallest absolute Gasteiger partial charge is 0.246 e. The van der Waals surface area contributed by atoms with Crippen molar-refractivity contribution in [2.75, 3.05) is 0 Å². The molecule has 3 aromatic rings. The third-order valence-electron chi connectivity index (χ3n) is 3.11. The maximum atomic E-state index is 13.4. The fourth-order valence-corrected chi connectivity index (χ4v) is 1.93. The number of aryl methyl sites for hydroxylation is 1. The molecule has 9 heteroatoms. The predicted molar refractivity (Wildman–Crippen MR) is 81.8 cm³/mol. The Hall–Kier alpha value is -3.36. The van der Waals surface area contributed by atoms with Gasteiger partial charge in [0.2, 0.25) is 17.6 Å². The van der Waals surface area contributed by atoms with Crippen LogP contribution in [0, 0.1) is 18.6 Å². The Morgan fingerprint density at radius 2 is 2.08 bits per heavy atom. The number of benzene rings is 1. The summed E-state index contributed by atoms with van der Waals surface area (Å²) in [6.07, 6.45) is 2.25. The lowest BCUT2D eigenvalue weighted by atomic mass is 10.2. The molecule has 25 heavy (non-hydrogen) atoms. The Morgan fingerprint density at radius 1 is 1.24 bits per heavy atom. The summed E-state index contributed by atoms with van der Waals surface area (Å²) in [7, 11) is 0. The third-order valence-corrected chi connectivity index (χ3v) is 3.11. The van der Waals surface area contributed by atoms with E-state index in [4.69, 9.17) is 9.05 Å². The SMILES string of the molecule is Cc1cc(-c2noc(CNC(=O)C=Cc3cc(F)ccc3F)n2)no1. The normalized spacial score (nSPS) is 11.2. The molecule has 1 amide bonds. The highest BCUT2D eigenvalue weighted by molar-refractivity contribution is 5.91. The van der Waals surface area contributed by atoms with Gasteiger partial charge in [-0.05, 0) is 31.2 Å². The number of nitrogens with zero attached hydrogens (tertiary/aromatic N) is 3. The molecular weight excluding hydrogens is 334 g/mol. The maximum absolute atomic E-state index is 13.4. The standard InChI is InChI=1S/C16H12F2N4O3/c1-9-6-13(21-24-9)16-20-15(25-22-16)8-19-14(23)5-2-10-7-11(17)3-4-12(10)18/h2-7H,8H2,1H3,(H,19,23). The van der Waals surface area contributed by atoms with Gasteiger partial charge in [-0.15, -0.1) is 0 Å². The van der Waals surface area contributed by atoms with Gasteiger partial charge in [0, 0.05) is 17.7 Å². The quantitative estimate of drug-likeness (QED) is 0.714. The van der Waals surface area contributed by atoms with Gasteiger partial charge in [-0.1, -0.05) is 10.3 Å². The highest BCUT2D eigenvalue weighted by atomic mass is 19.1. The molecular formula is C16H12F2N4O3. The van der Waals surface area contributed by atoms with Gasteiger partial charge in [0.05, 0.1) is 6.54 Å². The number of rotatable bonds is 5. The monoisotopic (exact) mass is 346 g/mol. The van der Waals surface area contributed by atoms with E-state index in [-0.39, 0.29) is 23.8 Å². The van der Waals surface area contributed by atoms with Gasteiger partial charge in [0.15, 0.2) is 5.69 Å². The molecule has 0 radical (unpaired) electrons. The average Bonchev–Trinajstić information content (AvgIpc) is 3.22. The molecule has 128 valence electrons. The Labute approximate surface area is 140 Å². The van der Waals surface area contributed by atoms with Crippen LogP contribution in [0.5, 0.6) is 0 Å². The van der Waals surface area contributed by atoms with Crippen molar-refractivity contribution in [2.45, 2.75) is 13.5 Å². The van der Waals surface area contributed by atoms with Crippen LogP contribution in [0.1, 0.15) is 17.2 Å². The van der Waals surface area contributed by atoms with Crippen LogP contribution in [0.4, 0.5) is 8.78 Å². The van der Waals surface area contributed by atoms with Crippen LogP contribution < -0.4 is 5.32 Å². The van der Waals surface area contributed by atoms with Gasteiger partial charge in [0.25, 0.3) is 0 Å². The summed E-state index contributed by atoms with van der Waals surface area (Å²) in [6.45, 7) is 1.70. The Bertz CT molecular complexity index is 933. The molecule has 1 aromatic carbocycles. The van der Waals surface area contributed by atoms with Gasteiger partial charge in [0.1, 0.15) is 17.4 Å². The van der Waals surface area contributed by atoms with Crippen LogP contribution in [-0.2, 0) is 11.3 Å². The number of carbonyl (C=O) groups excluding carboxylic acids is 1. The molecule has 0 bridgehead atoms. The highest BCUT2D eigenvalue weighted by Gasteiger charge is 2.12. The van der Waals surface area contributed by atoms with Crippen molar-refractivity contribution in [1.29, 1.82) is 0 Å². The number of amides is 1. The number of halogens is 2. The third kappa shape index (κ3) is 4.14. The van der Waals surface area contributed by atoms with Gasteiger partial charge in [-0.25, -0.2) is 8.78 Å². The first-order chi connectivity index (χ1) is 12.0. The summed E-state index contributed by atoms with van der Waals surface area (Å²) >= 11 is 0. The maximum Gasteiger partial charge on any atom is 0.246 e. The van der Waals surface area contributed by atoms with Gasteiger partial charge >= 0.3 is 0 Å². The zero-order chi connectivity index (χ0) is 17.8. The van der Waals surface area contributed by atoms with Crippen molar-refractivity contribution >= 4 is 12.0 Å². The van der Waals surface area contributed by atoms with E-state index in [2.05, 4.69) is 20.6 Å². The molecule has 0 saturated heterocycles. The number of carbonyl (C=O) groups is 1. The predicted octanol–water partition coefficient (Wildman–Crippen LogP) is 2.64. The summed E-state index contributed by atoms with van der Waals surface area (Å²) in [5, 5.41) is 9.96. The Balaban J connectivity index is 1.58. The van der Waals surface area contributed by atoms with Crippen LogP contribution in [0.15, 0.2) is 39.4 Å². The second-order valence-electron chi connectivity index (χ2n) is 5.05. The molecule has 2 heterocycles. The van der Waals surface area contributed by atoms with E-state index in [9.17, 15) is 13.6 Å². The molecule has 1 N–H and O–H groups in total.